The third-order valence-corrected chi connectivity index (χ3v) is 2.52. The number of aliphatic hydroxyl groups is 1. The van der Waals surface area contributed by atoms with Crippen molar-refractivity contribution in [3.05, 3.63) is 59.7 Å². The van der Waals surface area contributed by atoms with E-state index in [1.54, 1.807) is 36.4 Å². The van der Waals surface area contributed by atoms with Gasteiger partial charge in [0.1, 0.15) is 6.61 Å². The van der Waals surface area contributed by atoms with E-state index in [2.05, 4.69) is 0 Å². The number of carboxylic acid groups (broad SMARTS) is 3. The van der Waals surface area contributed by atoms with Crippen LogP contribution in [0.15, 0.2) is 48.5 Å². The molecule has 0 aliphatic carbocycles. The van der Waals surface area contributed by atoms with Gasteiger partial charge in [0.05, 0.1) is 11.1 Å². The van der Waals surface area contributed by atoms with Crippen LogP contribution in [0.25, 0.3) is 0 Å². The molecule has 0 bridgehead atoms. The molecule has 10 heteroatoms. The van der Waals surface area contributed by atoms with Crippen LogP contribution in [0.2, 0.25) is 0 Å². The van der Waals surface area contributed by atoms with Crippen LogP contribution in [-0.2, 0) is 26.5 Å². The molecule has 0 aliphatic rings. The minimum Gasteiger partial charge on any atom is -0.480 e. The summed E-state index contributed by atoms with van der Waals surface area (Å²) in [5.41, 5.74) is 11.6. The molecule has 0 fully saturated rings. The largest absolute Gasteiger partial charge is 0.480 e. The zero-order chi connectivity index (χ0) is 19.4. The Morgan fingerprint density at radius 1 is 0.731 bits per heavy atom. The summed E-state index contributed by atoms with van der Waals surface area (Å²) in [4.78, 5) is 29.8. The number of aromatic carboxylic acids is 2. The Labute approximate surface area is 163 Å². The summed E-state index contributed by atoms with van der Waals surface area (Å²) in [6.45, 7) is -0.778. The van der Waals surface area contributed by atoms with Gasteiger partial charge in [-0.25, -0.2) is 14.4 Å². The first-order valence-corrected chi connectivity index (χ1v) is 6.69. The van der Waals surface area contributed by atoms with Crippen LogP contribution in [0.5, 0.6) is 0 Å². The second-order valence-corrected chi connectivity index (χ2v) is 4.34. The molecular weight excluding hydrogens is 380 g/mol. The first-order chi connectivity index (χ1) is 11.7. The fourth-order valence-electron chi connectivity index (χ4n) is 1.38. The number of nitrogens with two attached hydrogens (primary N) is 2. The molecule has 2 rings (SSSR count). The van der Waals surface area contributed by atoms with E-state index in [1.165, 1.54) is 12.1 Å². The molecule has 0 spiro atoms. The van der Waals surface area contributed by atoms with Gasteiger partial charge in [-0.1, -0.05) is 24.3 Å². The number of benzene rings is 2. The van der Waals surface area contributed by atoms with Crippen LogP contribution >= 0.6 is 0 Å². The molecule has 0 saturated carbocycles. The van der Waals surface area contributed by atoms with Crippen molar-refractivity contribution in [3.8, 4) is 0 Å². The SMILES string of the molecule is Nc1ccccc1C(=O)O.Nc1ccccc1C(=O)O.O=C(O)CO.[Ti]. The molecule has 0 atom stereocenters. The minimum absolute atomic E-state index is 0. The van der Waals surface area contributed by atoms with Crippen molar-refractivity contribution in [2.75, 3.05) is 18.1 Å². The molecule has 0 radical (unpaired) electrons. The van der Waals surface area contributed by atoms with Gasteiger partial charge < -0.3 is 31.9 Å². The van der Waals surface area contributed by atoms with Crippen molar-refractivity contribution in [2.24, 2.45) is 0 Å². The Kier molecular flexibility index (Phi) is 13.1. The quantitative estimate of drug-likeness (QED) is 0.324. The van der Waals surface area contributed by atoms with Crippen LogP contribution in [0.4, 0.5) is 11.4 Å². The van der Waals surface area contributed by atoms with Gasteiger partial charge in [0, 0.05) is 33.1 Å². The van der Waals surface area contributed by atoms with Gasteiger partial charge in [-0.3, -0.25) is 0 Å². The minimum atomic E-state index is -1.19. The van der Waals surface area contributed by atoms with E-state index in [1.807, 2.05) is 0 Å². The zero-order valence-corrected chi connectivity index (χ0v) is 15.1. The van der Waals surface area contributed by atoms with Gasteiger partial charge in [-0.05, 0) is 24.3 Å². The van der Waals surface area contributed by atoms with Crippen molar-refractivity contribution in [1.82, 2.24) is 0 Å². The van der Waals surface area contributed by atoms with Crippen molar-refractivity contribution in [1.29, 1.82) is 0 Å². The molecule has 0 aliphatic heterocycles. The first-order valence-electron chi connectivity index (χ1n) is 6.69. The molecule has 0 heterocycles. The fraction of sp³-hybridized carbons (Fsp3) is 0.0625. The third kappa shape index (κ3) is 10.1. The van der Waals surface area contributed by atoms with E-state index >= 15 is 0 Å². The molecule has 0 saturated heterocycles. The maximum atomic E-state index is 10.3. The Morgan fingerprint density at radius 2 is 1.00 bits per heavy atom. The van der Waals surface area contributed by atoms with Crippen LogP contribution in [-0.4, -0.2) is 44.9 Å². The summed E-state index contributed by atoms with van der Waals surface area (Å²) in [5.74, 6) is -3.17. The van der Waals surface area contributed by atoms with E-state index in [0.717, 1.165) is 0 Å². The number of aliphatic hydroxyl groups excluding tert-OH is 1. The second kappa shape index (κ2) is 13.4. The third-order valence-electron chi connectivity index (χ3n) is 2.52. The van der Waals surface area contributed by atoms with E-state index in [9.17, 15) is 9.59 Å². The Morgan fingerprint density at radius 3 is 1.15 bits per heavy atom. The molecular formula is C16H18N2O7Ti. The van der Waals surface area contributed by atoms with E-state index in [4.69, 9.17) is 36.7 Å². The molecule has 2 aromatic carbocycles. The van der Waals surface area contributed by atoms with Crippen molar-refractivity contribution >= 4 is 29.3 Å². The standard InChI is InChI=1S/2C7H7NO2.C2H4O3.Ti/c2*8-6-4-2-1-3-5(6)7(9)10;3-1-2(4)5;/h2*1-4H,8H2,(H,9,10);3H,1H2,(H,4,5);. The number of carbonyl (C=O) groups is 3. The van der Waals surface area contributed by atoms with Crippen LogP contribution in [0.1, 0.15) is 20.7 Å². The van der Waals surface area contributed by atoms with Gasteiger partial charge in [-0.15, -0.1) is 0 Å². The Balaban J connectivity index is 0. The molecule has 8 N–H and O–H groups in total. The fourth-order valence-corrected chi connectivity index (χ4v) is 1.38. The molecule has 0 aromatic heterocycles. The van der Waals surface area contributed by atoms with Crippen molar-refractivity contribution in [2.45, 2.75) is 0 Å². The summed E-state index contributed by atoms with van der Waals surface area (Å²) in [6, 6.07) is 12.7. The van der Waals surface area contributed by atoms with Gasteiger partial charge in [0.15, 0.2) is 0 Å². The zero-order valence-electron chi connectivity index (χ0n) is 13.5. The molecule has 26 heavy (non-hydrogen) atoms. The molecule has 9 nitrogen and oxygen atoms in total. The molecule has 0 amide bonds. The second-order valence-electron chi connectivity index (χ2n) is 4.34. The Hall–Kier alpha value is -2.88. The number of aliphatic carboxylic acids is 1. The average molecular weight is 398 g/mol. The maximum Gasteiger partial charge on any atom is 0.337 e. The average Bonchev–Trinajstić information content (AvgIpc) is 2.56. The smallest absolute Gasteiger partial charge is 0.337 e. The molecule has 0 unspecified atom stereocenters. The van der Waals surface area contributed by atoms with Gasteiger partial charge in [0.2, 0.25) is 0 Å². The number of para-hydroxylation sites is 2. The van der Waals surface area contributed by atoms with Crippen LogP contribution in [0.3, 0.4) is 0 Å². The normalized spacial score (nSPS) is 8.50. The van der Waals surface area contributed by atoms with Crippen molar-refractivity contribution < 1.29 is 56.5 Å². The first kappa shape index (κ1) is 25.4. The number of anilines is 2. The maximum absolute atomic E-state index is 10.3. The van der Waals surface area contributed by atoms with E-state index in [0.29, 0.717) is 11.4 Å². The number of hydrogen-bond acceptors (Lipinski definition) is 6. The van der Waals surface area contributed by atoms with Gasteiger partial charge in [-0.2, -0.15) is 0 Å². The number of nitrogen functional groups attached to an aromatic ring is 2. The van der Waals surface area contributed by atoms with Crippen LogP contribution < -0.4 is 11.5 Å². The predicted octanol–water partition coefficient (Wildman–Crippen LogP) is 0.995. The summed E-state index contributed by atoms with van der Waals surface area (Å²) in [7, 11) is 0. The number of rotatable bonds is 3. The summed E-state index contributed by atoms with van der Waals surface area (Å²) < 4.78 is 0. The number of carboxylic acids is 3. The number of hydrogen-bond donors (Lipinski definition) is 6. The summed E-state index contributed by atoms with van der Waals surface area (Å²) >= 11 is 0. The van der Waals surface area contributed by atoms with Crippen molar-refractivity contribution in [3.63, 3.8) is 0 Å². The van der Waals surface area contributed by atoms with E-state index in [-0.39, 0.29) is 32.8 Å². The van der Waals surface area contributed by atoms with Crippen LogP contribution in [0, 0.1) is 0 Å². The predicted molar refractivity (Wildman–Crippen MR) is 90.3 cm³/mol. The monoisotopic (exact) mass is 398 g/mol. The summed E-state index contributed by atoms with van der Waals surface area (Å²) in [6.07, 6.45) is 0. The van der Waals surface area contributed by atoms with Gasteiger partial charge >= 0.3 is 17.9 Å². The summed E-state index contributed by atoms with van der Waals surface area (Å²) in [5, 5.41) is 32.0. The van der Waals surface area contributed by atoms with Gasteiger partial charge in [0.25, 0.3) is 0 Å². The Bertz CT molecular complexity index is 683. The molecule has 138 valence electrons. The topological polar surface area (TPSA) is 184 Å². The van der Waals surface area contributed by atoms with E-state index < -0.39 is 24.5 Å². The molecule has 2 aromatic rings.